The summed E-state index contributed by atoms with van der Waals surface area (Å²) >= 11 is 0. The topological polar surface area (TPSA) is 32.7 Å². The van der Waals surface area contributed by atoms with Crippen molar-refractivity contribution in [2.45, 2.75) is 64.8 Å². The van der Waals surface area contributed by atoms with Gasteiger partial charge in [0, 0.05) is 18.6 Å². The molecule has 0 saturated carbocycles. The lowest BCUT2D eigenvalue weighted by Gasteiger charge is -2.42. The minimum atomic E-state index is -0.212. The molecule has 15 heavy (non-hydrogen) atoms. The fraction of sp³-hybridized carbons (Fsp3) is 1.00. The molecule has 0 radical (unpaired) electrons. The van der Waals surface area contributed by atoms with Crippen molar-refractivity contribution in [2.75, 3.05) is 13.2 Å². The molecule has 1 aliphatic rings. The van der Waals surface area contributed by atoms with Gasteiger partial charge >= 0.3 is 0 Å². The van der Waals surface area contributed by atoms with Crippen LogP contribution in [0.4, 0.5) is 0 Å². The third-order valence-electron chi connectivity index (χ3n) is 3.23. The van der Waals surface area contributed by atoms with E-state index in [0.717, 1.165) is 26.0 Å². The Bertz CT molecular complexity index is 184. The molecule has 4 unspecified atom stereocenters. The van der Waals surface area contributed by atoms with Crippen LogP contribution in [-0.4, -0.2) is 47.4 Å². The van der Waals surface area contributed by atoms with Gasteiger partial charge in [-0.05, 0) is 33.6 Å². The Kier molecular flexibility index (Phi) is 5.03. The summed E-state index contributed by atoms with van der Waals surface area (Å²) in [4.78, 5) is 2.49. The fourth-order valence-electron chi connectivity index (χ4n) is 2.39. The molecule has 0 aromatic rings. The molecule has 1 heterocycles. The first-order chi connectivity index (χ1) is 7.04. The zero-order valence-electron chi connectivity index (χ0n) is 10.4. The van der Waals surface area contributed by atoms with Crippen molar-refractivity contribution < 1.29 is 9.84 Å². The number of nitrogens with zero attached hydrogens (tertiary/aromatic N) is 1. The molecule has 3 heteroatoms. The summed E-state index contributed by atoms with van der Waals surface area (Å²) in [6, 6.07) is 0.969. The predicted molar refractivity (Wildman–Crippen MR) is 62.0 cm³/mol. The molecule has 1 fully saturated rings. The Morgan fingerprint density at radius 3 is 2.67 bits per heavy atom. The molecular weight excluding hydrogens is 190 g/mol. The molecule has 0 aromatic heterocycles. The van der Waals surface area contributed by atoms with E-state index in [1.54, 1.807) is 0 Å². The van der Waals surface area contributed by atoms with Gasteiger partial charge in [0.05, 0.1) is 18.8 Å². The van der Waals surface area contributed by atoms with Gasteiger partial charge in [-0.3, -0.25) is 4.90 Å². The zero-order valence-corrected chi connectivity index (χ0v) is 10.4. The lowest BCUT2D eigenvalue weighted by Crippen LogP contribution is -2.52. The molecule has 3 nitrogen and oxygen atoms in total. The Morgan fingerprint density at radius 1 is 1.47 bits per heavy atom. The first kappa shape index (κ1) is 12.9. The van der Waals surface area contributed by atoms with Gasteiger partial charge in [-0.25, -0.2) is 0 Å². The summed E-state index contributed by atoms with van der Waals surface area (Å²) < 4.78 is 5.66. The van der Waals surface area contributed by atoms with Crippen LogP contribution in [0.1, 0.15) is 40.5 Å². The first-order valence-corrected chi connectivity index (χ1v) is 6.10. The summed E-state index contributed by atoms with van der Waals surface area (Å²) in [5.74, 6) is 0. The Labute approximate surface area is 93.4 Å². The van der Waals surface area contributed by atoms with Crippen LogP contribution in [0.5, 0.6) is 0 Å². The van der Waals surface area contributed by atoms with E-state index in [4.69, 9.17) is 4.74 Å². The standard InChI is InChI=1S/C12H25NO2/c1-5-12-8-15-11(4)7-13(12)9(2)6-10(3)14/h9-12,14H,5-8H2,1-4H3. The summed E-state index contributed by atoms with van der Waals surface area (Å²) in [5.41, 5.74) is 0. The van der Waals surface area contributed by atoms with Crippen LogP contribution in [0.3, 0.4) is 0 Å². The molecule has 0 spiro atoms. The highest BCUT2D eigenvalue weighted by atomic mass is 16.5. The maximum Gasteiger partial charge on any atom is 0.0674 e. The number of ether oxygens (including phenoxy) is 1. The van der Waals surface area contributed by atoms with E-state index < -0.39 is 0 Å². The molecule has 4 atom stereocenters. The molecule has 0 bridgehead atoms. The lowest BCUT2D eigenvalue weighted by atomic mass is 10.0. The predicted octanol–water partition coefficient (Wildman–Crippen LogP) is 1.65. The highest BCUT2D eigenvalue weighted by molar-refractivity contribution is 4.82. The molecule has 0 amide bonds. The Balaban J connectivity index is 2.53. The van der Waals surface area contributed by atoms with Crippen LogP contribution >= 0.6 is 0 Å². The van der Waals surface area contributed by atoms with E-state index in [1.807, 2.05) is 6.92 Å². The average molecular weight is 215 g/mol. The van der Waals surface area contributed by atoms with Crippen LogP contribution in [-0.2, 0) is 4.74 Å². The highest BCUT2D eigenvalue weighted by Gasteiger charge is 2.29. The average Bonchev–Trinajstić information content (AvgIpc) is 2.16. The van der Waals surface area contributed by atoms with Crippen LogP contribution in [0.25, 0.3) is 0 Å². The molecule has 1 saturated heterocycles. The van der Waals surface area contributed by atoms with Gasteiger partial charge in [0.2, 0.25) is 0 Å². The minimum absolute atomic E-state index is 0.212. The summed E-state index contributed by atoms with van der Waals surface area (Å²) in [7, 11) is 0. The second-order valence-electron chi connectivity index (χ2n) is 4.84. The molecule has 1 N–H and O–H groups in total. The van der Waals surface area contributed by atoms with Crippen molar-refractivity contribution in [3.05, 3.63) is 0 Å². The molecular formula is C12H25NO2. The third kappa shape index (κ3) is 3.74. The van der Waals surface area contributed by atoms with Crippen molar-refractivity contribution >= 4 is 0 Å². The molecule has 90 valence electrons. The molecule has 0 aliphatic carbocycles. The smallest absolute Gasteiger partial charge is 0.0674 e. The quantitative estimate of drug-likeness (QED) is 0.774. The van der Waals surface area contributed by atoms with Crippen LogP contribution in [0.15, 0.2) is 0 Å². The van der Waals surface area contributed by atoms with Gasteiger partial charge in [-0.1, -0.05) is 6.92 Å². The van der Waals surface area contributed by atoms with E-state index in [1.165, 1.54) is 0 Å². The number of aliphatic hydroxyl groups is 1. The van der Waals surface area contributed by atoms with Crippen LogP contribution < -0.4 is 0 Å². The van der Waals surface area contributed by atoms with Gasteiger partial charge < -0.3 is 9.84 Å². The third-order valence-corrected chi connectivity index (χ3v) is 3.23. The van der Waals surface area contributed by atoms with E-state index in [9.17, 15) is 5.11 Å². The summed E-state index contributed by atoms with van der Waals surface area (Å²) in [6.45, 7) is 10.2. The monoisotopic (exact) mass is 215 g/mol. The van der Waals surface area contributed by atoms with Crippen molar-refractivity contribution in [2.24, 2.45) is 0 Å². The number of aliphatic hydroxyl groups excluding tert-OH is 1. The van der Waals surface area contributed by atoms with Gasteiger partial charge in [0.25, 0.3) is 0 Å². The van der Waals surface area contributed by atoms with E-state index in [-0.39, 0.29) is 6.10 Å². The molecule has 1 rings (SSSR count). The van der Waals surface area contributed by atoms with Crippen LogP contribution in [0, 0.1) is 0 Å². The lowest BCUT2D eigenvalue weighted by molar-refractivity contribution is -0.0748. The number of morpholine rings is 1. The molecule has 0 aromatic carbocycles. The van der Waals surface area contributed by atoms with E-state index in [0.29, 0.717) is 18.2 Å². The summed E-state index contributed by atoms with van der Waals surface area (Å²) in [6.07, 6.45) is 2.08. The highest BCUT2D eigenvalue weighted by Crippen LogP contribution is 2.19. The van der Waals surface area contributed by atoms with Gasteiger partial charge in [0.1, 0.15) is 0 Å². The van der Waals surface area contributed by atoms with Crippen molar-refractivity contribution in [3.8, 4) is 0 Å². The Hall–Kier alpha value is -0.120. The van der Waals surface area contributed by atoms with Crippen molar-refractivity contribution in [3.63, 3.8) is 0 Å². The minimum Gasteiger partial charge on any atom is -0.393 e. The largest absolute Gasteiger partial charge is 0.393 e. The maximum atomic E-state index is 9.42. The van der Waals surface area contributed by atoms with Crippen molar-refractivity contribution in [1.82, 2.24) is 4.90 Å². The van der Waals surface area contributed by atoms with Gasteiger partial charge in [0.15, 0.2) is 0 Å². The maximum absolute atomic E-state index is 9.42. The first-order valence-electron chi connectivity index (χ1n) is 6.10. The zero-order chi connectivity index (χ0) is 11.4. The normalized spacial score (nSPS) is 32.6. The fourth-order valence-corrected chi connectivity index (χ4v) is 2.39. The second-order valence-corrected chi connectivity index (χ2v) is 4.84. The summed E-state index contributed by atoms with van der Waals surface area (Å²) in [5, 5.41) is 9.42. The van der Waals surface area contributed by atoms with Crippen molar-refractivity contribution in [1.29, 1.82) is 0 Å². The van der Waals surface area contributed by atoms with E-state index >= 15 is 0 Å². The number of hydrogen-bond acceptors (Lipinski definition) is 3. The molecule has 1 aliphatic heterocycles. The number of rotatable bonds is 4. The van der Waals surface area contributed by atoms with E-state index in [2.05, 4.69) is 25.7 Å². The Morgan fingerprint density at radius 2 is 2.13 bits per heavy atom. The SMILES string of the molecule is CCC1COC(C)CN1C(C)CC(C)O. The van der Waals surface area contributed by atoms with Gasteiger partial charge in [-0.2, -0.15) is 0 Å². The second kappa shape index (κ2) is 5.83. The van der Waals surface area contributed by atoms with Crippen LogP contribution in [0.2, 0.25) is 0 Å². The van der Waals surface area contributed by atoms with Gasteiger partial charge in [-0.15, -0.1) is 0 Å². The number of hydrogen-bond donors (Lipinski definition) is 1.